The van der Waals surface area contributed by atoms with Crippen molar-refractivity contribution in [3.8, 4) is 5.75 Å². The third kappa shape index (κ3) is 6.47. The number of nitro benzene ring substituents is 2. The van der Waals surface area contributed by atoms with E-state index in [1.165, 1.54) is 22.9 Å². The standard InChI is InChI=1S/C9H12N2S.C6H4N2O5/c1-7-4-2-3-5-8(7)6-12-9(10)11;9-6-2-1-4(7(10)11)3-5(6)8(12)13/h2-5H,6H2,1H3,(H3,10,11);1-3,9H. The van der Waals surface area contributed by atoms with E-state index in [4.69, 9.17) is 16.2 Å². The minimum Gasteiger partial charge on any atom is -0.502 e. The molecule has 0 fully saturated rings. The number of nitrogens with two attached hydrogens (primary N) is 1. The highest BCUT2D eigenvalue weighted by molar-refractivity contribution is 8.13. The number of rotatable bonds is 4. The minimum atomic E-state index is -0.887. The summed E-state index contributed by atoms with van der Waals surface area (Å²) in [5.41, 5.74) is 6.64. The first-order valence-electron chi connectivity index (χ1n) is 6.85. The van der Waals surface area contributed by atoms with Crippen LogP contribution < -0.4 is 5.73 Å². The number of hydrogen-bond donors (Lipinski definition) is 3. The molecule has 2 rings (SSSR count). The second kappa shape index (κ2) is 9.23. The van der Waals surface area contributed by atoms with Crippen molar-refractivity contribution in [1.82, 2.24) is 0 Å². The van der Waals surface area contributed by atoms with Crippen LogP contribution in [0.15, 0.2) is 42.5 Å². The van der Waals surface area contributed by atoms with Crippen LogP contribution in [0, 0.1) is 32.6 Å². The van der Waals surface area contributed by atoms with Gasteiger partial charge in [0.05, 0.1) is 15.9 Å². The van der Waals surface area contributed by atoms with E-state index in [1.54, 1.807) is 0 Å². The molecule has 0 bridgehead atoms. The van der Waals surface area contributed by atoms with Crippen molar-refractivity contribution in [3.63, 3.8) is 0 Å². The zero-order valence-corrected chi connectivity index (χ0v) is 14.0. The summed E-state index contributed by atoms with van der Waals surface area (Å²) >= 11 is 1.36. The number of aromatic hydroxyl groups is 1. The molecule has 0 radical (unpaired) electrons. The SMILES string of the molecule is Cc1ccccc1CSC(=N)N.O=[N+]([O-])c1ccc(O)c([N+](=O)[O-])c1. The van der Waals surface area contributed by atoms with Gasteiger partial charge < -0.3 is 10.8 Å². The highest BCUT2D eigenvalue weighted by atomic mass is 32.2. The zero-order valence-electron chi connectivity index (χ0n) is 13.2. The van der Waals surface area contributed by atoms with Gasteiger partial charge in [-0.2, -0.15) is 0 Å². The first-order chi connectivity index (χ1) is 11.7. The average Bonchev–Trinajstić information content (AvgIpc) is 2.54. The number of phenols is 1. The van der Waals surface area contributed by atoms with Gasteiger partial charge in [-0.25, -0.2) is 0 Å². The third-order valence-corrected chi connectivity index (χ3v) is 3.78. The van der Waals surface area contributed by atoms with E-state index in [-0.39, 0.29) is 5.17 Å². The van der Waals surface area contributed by atoms with Crippen LogP contribution >= 0.6 is 11.8 Å². The van der Waals surface area contributed by atoms with Gasteiger partial charge >= 0.3 is 5.69 Å². The van der Waals surface area contributed by atoms with Crippen molar-refractivity contribution < 1.29 is 15.0 Å². The van der Waals surface area contributed by atoms with Crippen LogP contribution in [0.25, 0.3) is 0 Å². The zero-order chi connectivity index (χ0) is 19.0. The molecule has 10 heteroatoms. The van der Waals surface area contributed by atoms with Crippen LogP contribution in [0.1, 0.15) is 11.1 Å². The summed E-state index contributed by atoms with van der Waals surface area (Å²) in [4.78, 5) is 18.7. The number of benzene rings is 2. The summed E-state index contributed by atoms with van der Waals surface area (Å²) in [6.45, 7) is 2.07. The van der Waals surface area contributed by atoms with E-state index < -0.39 is 27.0 Å². The lowest BCUT2D eigenvalue weighted by atomic mass is 10.1. The lowest BCUT2D eigenvalue weighted by Gasteiger charge is -2.02. The molecule has 0 spiro atoms. The molecule has 0 aliphatic carbocycles. The molecule has 2 aromatic carbocycles. The maximum Gasteiger partial charge on any atom is 0.317 e. The van der Waals surface area contributed by atoms with Gasteiger partial charge in [-0.3, -0.25) is 25.6 Å². The van der Waals surface area contributed by atoms with Crippen LogP contribution in [0.3, 0.4) is 0 Å². The lowest BCUT2D eigenvalue weighted by molar-refractivity contribution is -0.394. The Morgan fingerprint density at radius 2 is 1.84 bits per heavy atom. The number of aryl methyl sites for hydroxylation is 1. The Hall–Kier alpha value is -3.14. The molecule has 0 amide bonds. The predicted molar refractivity (Wildman–Crippen MR) is 95.8 cm³/mol. The number of hydrogen-bond acceptors (Lipinski definition) is 7. The Labute approximate surface area is 147 Å². The summed E-state index contributed by atoms with van der Waals surface area (Å²) in [5, 5.41) is 36.6. The molecule has 0 saturated carbocycles. The number of non-ortho nitro benzene ring substituents is 1. The van der Waals surface area contributed by atoms with Crippen molar-refractivity contribution in [2.75, 3.05) is 0 Å². The molecule has 0 aliphatic rings. The molecule has 9 nitrogen and oxygen atoms in total. The molecule has 0 heterocycles. The Bertz CT molecular complexity index is 797. The molecule has 0 saturated heterocycles. The maximum atomic E-state index is 10.2. The van der Waals surface area contributed by atoms with Gasteiger partial charge in [-0.1, -0.05) is 36.0 Å². The first-order valence-corrected chi connectivity index (χ1v) is 7.84. The van der Waals surface area contributed by atoms with Crippen molar-refractivity contribution in [2.45, 2.75) is 12.7 Å². The topological polar surface area (TPSA) is 156 Å². The lowest BCUT2D eigenvalue weighted by Crippen LogP contribution is -2.04. The number of thioether (sulfide) groups is 1. The first kappa shape index (κ1) is 19.9. The van der Waals surface area contributed by atoms with Crippen LogP contribution in [-0.2, 0) is 5.75 Å². The number of nitro groups is 2. The fraction of sp³-hybridized carbons (Fsp3) is 0.133. The largest absolute Gasteiger partial charge is 0.502 e. The van der Waals surface area contributed by atoms with Crippen molar-refractivity contribution in [3.05, 3.63) is 73.8 Å². The Morgan fingerprint density at radius 1 is 1.20 bits per heavy atom. The van der Waals surface area contributed by atoms with Gasteiger partial charge in [0.1, 0.15) is 0 Å². The highest BCUT2D eigenvalue weighted by Crippen LogP contribution is 2.29. The summed E-state index contributed by atoms with van der Waals surface area (Å²) in [5.74, 6) is 0.206. The Morgan fingerprint density at radius 3 is 2.36 bits per heavy atom. The minimum absolute atomic E-state index is 0.179. The third-order valence-electron chi connectivity index (χ3n) is 3.01. The summed E-state index contributed by atoms with van der Waals surface area (Å²) in [7, 11) is 0. The van der Waals surface area contributed by atoms with Gasteiger partial charge in [0.15, 0.2) is 10.9 Å². The van der Waals surface area contributed by atoms with E-state index in [0.29, 0.717) is 6.07 Å². The van der Waals surface area contributed by atoms with E-state index in [2.05, 4.69) is 19.1 Å². The number of amidine groups is 1. The van der Waals surface area contributed by atoms with Gasteiger partial charge in [0.2, 0.25) is 0 Å². The van der Waals surface area contributed by atoms with E-state index in [1.807, 2.05) is 12.1 Å². The summed E-state index contributed by atoms with van der Waals surface area (Å²) in [6.07, 6.45) is 0. The van der Waals surface area contributed by atoms with E-state index in [9.17, 15) is 20.2 Å². The molecular formula is C15H16N4O5S. The fourth-order valence-corrected chi connectivity index (χ4v) is 2.33. The van der Waals surface area contributed by atoms with Gasteiger partial charge in [-0.05, 0) is 24.1 Å². The number of nitrogens with one attached hydrogen (secondary N) is 1. The summed E-state index contributed by atoms with van der Waals surface area (Å²) < 4.78 is 0. The highest BCUT2D eigenvalue weighted by Gasteiger charge is 2.18. The molecular weight excluding hydrogens is 348 g/mol. The quantitative estimate of drug-likeness (QED) is 0.325. The van der Waals surface area contributed by atoms with Gasteiger partial charge in [0, 0.05) is 11.8 Å². The second-order valence-corrected chi connectivity index (χ2v) is 5.78. The van der Waals surface area contributed by atoms with Crippen molar-refractivity contribution >= 4 is 28.3 Å². The Balaban J connectivity index is 0.000000251. The van der Waals surface area contributed by atoms with Crippen LogP contribution in [0.5, 0.6) is 5.75 Å². The predicted octanol–water partition coefficient (Wildman–Crippen LogP) is 3.33. The van der Waals surface area contributed by atoms with Crippen molar-refractivity contribution in [1.29, 1.82) is 5.41 Å². The molecule has 25 heavy (non-hydrogen) atoms. The second-order valence-electron chi connectivity index (χ2n) is 4.77. The summed E-state index contributed by atoms with van der Waals surface area (Å²) in [6, 6.07) is 10.7. The van der Waals surface area contributed by atoms with E-state index in [0.717, 1.165) is 17.9 Å². The van der Waals surface area contributed by atoms with Crippen LogP contribution in [0.4, 0.5) is 11.4 Å². The van der Waals surface area contributed by atoms with E-state index >= 15 is 0 Å². The Kier molecular flexibility index (Phi) is 7.35. The monoisotopic (exact) mass is 364 g/mol. The van der Waals surface area contributed by atoms with Gasteiger partial charge in [-0.15, -0.1) is 0 Å². The maximum absolute atomic E-state index is 10.2. The molecule has 4 N–H and O–H groups in total. The number of phenolic OH excluding ortho intramolecular Hbond substituents is 1. The van der Waals surface area contributed by atoms with Crippen molar-refractivity contribution in [2.24, 2.45) is 5.73 Å². The molecule has 0 aliphatic heterocycles. The molecule has 0 unspecified atom stereocenters. The molecule has 0 aromatic heterocycles. The fourth-order valence-electron chi connectivity index (χ4n) is 1.70. The molecule has 2 aromatic rings. The van der Waals surface area contributed by atoms with Gasteiger partial charge in [0.25, 0.3) is 5.69 Å². The normalized spacial score (nSPS) is 9.64. The van der Waals surface area contributed by atoms with Crippen LogP contribution in [0.2, 0.25) is 0 Å². The van der Waals surface area contributed by atoms with Crippen LogP contribution in [-0.4, -0.2) is 20.1 Å². The number of nitrogens with zero attached hydrogens (tertiary/aromatic N) is 2. The molecule has 0 atom stereocenters. The average molecular weight is 364 g/mol. The smallest absolute Gasteiger partial charge is 0.317 e. The molecule has 132 valence electrons.